The van der Waals surface area contributed by atoms with Crippen LogP contribution >= 0.6 is 19.2 Å². The van der Waals surface area contributed by atoms with Crippen molar-refractivity contribution < 1.29 is 38.8 Å². The van der Waals surface area contributed by atoms with Gasteiger partial charge >= 0.3 is 7.60 Å². The van der Waals surface area contributed by atoms with Crippen LogP contribution in [0.2, 0.25) is 5.28 Å². The fourth-order valence-corrected chi connectivity index (χ4v) is 6.79. The molecule has 0 radical (unpaired) electrons. The number of aromatic nitrogens is 2. The molecule has 220 valence electrons. The molecule has 12 heteroatoms. The van der Waals surface area contributed by atoms with Crippen molar-refractivity contribution in [1.82, 2.24) is 9.97 Å². The van der Waals surface area contributed by atoms with Gasteiger partial charge in [-0.2, -0.15) is 0 Å². The number of fused-ring (bicyclic) bond motifs is 1. The van der Waals surface area contributed by atoms with Crippen LogP contribution in [0.5, 0.6) is 0 Å². The van der Waals surface area contributed by atoms with Crippen LogP contribution in [0.15, 0.2) is 6.08 Å². The normalized spacial score (nSPS) is 32.9. The van der Waals surface area contributed by atoms with Crippen molar-refractivity contribution in [3.8, 4) is 0 Å². The third kappa shape index (κ3) is 8.09. The van der Waals surface area contributed by atoms with Gasteiger partial charge in [0.25, 0.3) is 0 Å². The van der Waals surface area contributed by atoms with E-state index in [9.17, 15) is 14.8 Å². The van der Waals surface area contributed by atoms with Gasteiger partial charge in [0, 0.05) is 24.7 Å². The molecule has 5 unspecified atom stereocenters. The lowest BCUT2D eigenvalue weighted by atomic mass is 9.78. The molecule has 3 heterocycles. The maximum absolute atomic E-state index is 11.1. The van der Waals surface area contributed by atoms with Crippen molar-refractivity contribution in [2.24, 2.45) is 17.8 Å². The molecule has 39 heavy (non-hydrogen) atoms. The van der Waals surface area contributed by atoms with Gasteiger partial charge in [0.05, 0.1) is 24.1 Å². The van der Waals surface area contributed by atoms with Crippen molar-refractivity contribution in [3.63, 3.8) is 0 Å². The average Bonchev–Trinajstić information content (AvgIpc) is 3.48. The summed E-state index contributed by atoms with van der Waals surface area (Å²) in [5, 5.41) is 21.4. The van der Waals surface area contributed by atoms with Crippen LogP contribution in [-0.4, -0.2) is 80.6 Å². The highest BCUT2D eigenvalue weighted by Gasteiger charge is 2.44. The number of aliphatic hydroxyl groups excluding tert-OH is 2. The van der Waals surface area contributed by atoms with Crippen LogP contribution in [-0.2, 0) is 25.2 Å². The van der Waals surface area contributed by atoms with E-state index in [2.05, 4.69) is 31.0 Å². The summed E-state index contributed by atoms with van der Waals surface area (Å²) in [5.74, 6) is 1.20. The smallest absolute Gasteiger partial charge is 0.350 e. The van der Waals surface area contributed by atoms with Crippen molar-refractivity contribution >= 4 is 25.3 Å². The van der Waals surface area contributed by atoms with Gasteiger partial charge in [-0.1, -0.05) is 26.0 Å². The van der Waals surface area contributed by atoms with Crippen LogP contribution in [0.1, 0.15) is 75.2 Å². The summed E-state index contributed by atoms with van der Waals surface area (Å²) in [5.41, 5.74) is 3.01. The molecule has 4 rings (SSSR count). The topological polar surface area (TPSA) is 151 Å². The predicted octanol–water partition coefficient (Wildman–Crippen LogP) is 3.68. The monoisotopic (exact) mass is 588 g/mol. The highest BCUT2D eigenvalue weighted by molar-refractivity contribution is 7.51. The van der Waals surface area contributed by atoms with Crippen molar-refractivity contribution in [1.29, 1.82) is 0 Å². The number of halogens is 1. The van der Waals surface area contributed by atoms with Gasteiger partial charge < -0.3 is 34.2 Å². The largest absolute Gasteiger partial charge is 0.388 e. The number of rotatable bonds is 11. The van der Waals surface area contributed by atoms with E-state index in [0.29, 0.717) is 18.8 Å². The molecule has 0 amide bonds. The van der Waals surface area contributed by atoms with Gasteiger partial charge in [-0.3, -0.25) is 4.57 Å². The third-order valence-corrected chi connectivity index (χ3v) is 9.11. The second kappa shape index (κ2) is 13.8. The molecular formula is C27H42ClN2O8P. The first-order chi connectivity index (χ1) is 18.6. The van der Waals surface area contributed by atoms with E-state index < -0.39 is 38.4 Å². The zero-order valence-corrected chi connectivity index (χ0v) is 24.3. The lowest BCUT2D eigenvalue weighted by Crippen LogP contribution is -2.35. The van der Waals surface area contributed by atoms with E-state index in [-0.39, 0.29) is 29.6 Å². The molecule has 1 aromatic rings. The predicted molar refractivity (Wildman–Crippen MR) is 146 cm³/mol. The number of hydrogen-bond acceptors (Lipinski definition) is 8. The molecule has 2 saturated heterocycles. The first kappa shape index (κ1) is 31.0. The zero-order valence-electron chi connectivity index (χ0n) is 22.7. The molecule has 0 saturated carbocycles. The molecule has 10 nitrogen and oxygen atoms in total. The standard InChI is InChI=1S/C27H42ClN2O8P/c1-3-17-5-7-20-21(29-27(28)30-24(20)18(4-2)11-16-9-10-36-13-16)8-6-19(17)12-22-25(31)26(32)23(38-22)14-37-15-39(33,34)35/h5,7,16-19,22-23,25-26,31-32H,3-4,6,8-15H2,1-2H3,(H2,33,34,35)/b7-5-/t16-,17?,18?,19?,22?,23?,25+,26-/m1/s1. The van der Waals surface area contributed by atoms with E-state index >= 15 is 0 Å². The molecular weight excluding hydrogens is 547 g/mol. The Balaban J connectivity index is 1.47. The fraction of sp³-hybridized carbons (Fsp3) is 0.778. The Hall–Kier alpha value is -0.940. The minimum atomic E-state index is -4.33. The van der Waals surface area contributed by atoms with Crippen LogP contribution in [0, 0.1) is 17.8 Å². The Labute approximate surface area is 235 Å². The molecule has 1 aromatic heterocycles. The zero-order chi connectivity index (χ0) is 28.2. The Morgan fingerprint density at radius 1 is 1.18 bits per heavy atom. The van der Waals surface area contributed by atoms with E-state index in [1.165, 1.54) is 0 Å². The average molecular weight is 589 g/mol. The number of aliphatic hydroxyl groups is 2. The number of aryl methyl sites for hydroxylation is 1. The SMILES string of the molecule is CCC(C[C@H]1CCOC1)c1nc(Cl)nc2c1/C=C\C(CC)C(CC1OC(COCP(=O)(O)O)[C@@H](O)[C@H]1O)CC2. The van der Waals surface area contributed by atoms with Gasteiger partial charge in [-0.05, 0) is 74.3 Å². The van der Waals surface area contributed by atoms with Crippen LogP contribution in [0.3, 0.4) is 0 Å². The summed E-state index contributed by atoms with van der Waals surface area (Å²) in [6.45, 7) is 5.73. The van der Waals surface area contributed by atoms with Gasteiger partial charge in [-0.25, -0.2) is 9.97 Å². The molecule has 0 aromatic carbocycles. The van der Waals surface area contributed by atoms with E-state index in [1.54, 1.807) is 0 Å². The molecule has 4 N–H and O–H groups in total. The Bertz CT molecular complexity index is 1030. The minimum absolute atomic E-state index is 0.163. The number of ether oxygens (including phenoxy) is 3. The van der Waals surface area contributed by atoms with Gasteiger partial charge in [0.15, 0.2) is 0 Å². The molecule has 1 aliphatic carbocycles. The summed E-state index contributed by atoms with van der Waals surface area (Å²) in [6, 6.07) is 0. The Kier molecular flexibility index (Phi) is 11.0. The lowest BCUT2D eigenvalue weighted by molar-refractivity contribution is -0.0449. The highest BCUT2D eigenvalue weighted by Crippen LogP contribution is 2.39. The molecule has 0 bridgehead atoms. The summed E-state index contributed by atoms with van der Waals surface area (Å²) in [6.07, 6.45) is 5.82. The second-order valence-corrected chi connectivity index (χ2v) is 13.1. The summed E-state index contributed by atoms with van der Waals surface area (Å²) in [4.78, 5) is 27.3. The van der Waals surface area contributed by atoms with Crippen LogP contribution < -0.4 is 0 Å². The van der Waals surface area contributed by atoms with Crippen LogP contribution in [0.25, 0.3) is 6.08 Å². The Morgan fingerprint density at radius 2 is 1.95 bits per heavy atom. The summed E-state index contributed by atoms with van der Waals surface area (Å²) >= 11 is 6.43. The Morgan fingerprint density at radius 3 is 2.62 bits per heavy atom. The van der Waals surface area contributed by atoms with Gasteiger partial charge in [-0.15, -0.1) is 0 Å². The maximum atomic E-state index is 11.1. The molecule has 0 spiro atoms. The van der Waals surface area contributed by atoms with Gasteiger partial charge in [0.1, 0.15) is 24.7 Å². The number of nitrogens with zero attached hydrogens (tertiary/aromatic N) is 2. The van der Waals surface area contributed by atoms with Crippen molar-refractivity contribution in [3.05, 3.63) is 28.3 Å². The van der Waals surface area contributed by atoms with Crippen molar-refractivity contribution in [2.75, 3.05) is 26.2 Å². The molecule has 3 aliphatic rings. The van der Waals surface area contributed by atoms with E-state index in [1.807, 2.05) is 0 Å². The first-order valence-electron chi connectivity index (χ1n) is 14.1. The maximum Gasteiger partial charge on any atom is 0.350 e. The third-order valence-electron chi connectivity index (χ3n) is 8.43. The second-order valence-electron chi connectivity index (χ2n) is 11.1. The number of hydrogen-bond donors (Lipinski definition) is 4. The molecule has 8 atom stereocenters. The van der Waals surface area contributed by atoms with Crippen molar-refractivity contribution in [2.45, 2.75) is 89.1 Å². The fourth-order valence-electron chi connectivity index (χ4n) is 6.25. The highest BCUT2D eigenvalue weighted by atomic mass is 35.5. The molecule has 2 aliphatic heterocycles. The van der Waals surface area contributed by atoms with E-state index in [0.717, 1.165) is 62.3 Å². The minimum Gasteiger partial charge on any atom is -0.388 e. The summed E-state index contributed by atoms with van der Waals surface area (Å²) < 4.78 is 27.6. The summed E-state index contributed by atoms with van der Waals surface area (Å²) in [7, 11) is -4.33. The molecule has 2 fully saturated rings. The van der Waals surface area contributed by atoms with E-state index in [4.69, 9.17) is 40.6 Å². The lowest BCUT2D eigenvalue weighted by Gasteiger charge is -2.30. The quantitative estimate of drug-likeness (QED) is 0.222. The van der Waals surface area contributed by atoms with Crippen LogP contribution in [0.4, 0.5) is 0 Å². The number of allylic oxidation sites excluding steroid dienone is 1. The van der Waals surface area contributed by atoms with Gasteiger partial charge in [0.2, 0.25) is 5.28 Å². The first-order valence-corrected chi connectivity index (χ1v) is 16.2.